The third-order valence-electron chi connectivity index (χ3n) is 1.53. The minimum Gasteiger partial charge on any atom is -0.225 e. The van der Waals surface area contributed by atoms with Crippen LogP contribution in [-0.2, 0) is 0 Å². The molecule has 0 saturated carbocycles. The van der Waals surface area contributed by atoms with Gasteiger partial charge < -0.3 is 0 Å². The second-order valence-corrected chi connectivity index (χ2v) is 2.57. The molecule has 0 fully saturated rings. The number of primary amides is 1. The molecule has 1 aromatic carbocycles. The van der Waals surface area contributed by atoms with Crippen molar-refractivity contribution in [3.63, 3.8) is 0 Å². The predicted octanol–water partition coefficient (Wildman–Crippen LogP) is 0.543. The lowest BCUT2D eigenvalue weighted by Crippen LogP contribution is -2.77. The molecule has 0 bridgehead atoms. The monoisotopic (exact) mass is 168 g/mol. The summed E-state index contributed by atoms with van der Waals surface area (Å²) in [7, 11) is 0. The lowest BCUT2D eigenvalue weighted by atomic mass is 10.1. The van der Waals surface area contributed by atoms with Crippen molar-refractivity contribution in [3.05, 3.63) is 35.4 Å². The van der Waals surface area contributed by atoms with E-state index in [9.17, 15) is 4.79 Å². The van der Waals surface area contributed by atoms with Crippen LogP contribution in [0.3, 0.4) is 0 Å². The molecule has 2 nitrogen and oxygen atoms in total. The summed E-state index contributed by atoms with van der Waals surface area (Å²) in [4.78, 5) is 11.1. The van der Waals surface area contributed by atoms with Crippen molar-refractivity contribution >= 4 is 18.7 Å². The Morgan fingerprint density at radius 2 is 2.09 bits per heavy atom. The van der Waals surface area contributed by atoms with Gasteiger partial charge in [0, 0.05) is 0 Å². The fourth-order valence-electron chi connectivity index (χ4n) is 0.919. The summed E-state index contributed by atoms with van der Waals surface area (Å²) in [5, 5.41) is 0. The molecule has 0 radical (unpaired) electrons. The number of benzene rings is 1. The molecular weight excluding hydrogens is 158 g/mol. The molecule has 0 atom stereocenters. The molecule has 0 spiro atoms. The Labute approximate surface area is 71.2 Å². The lowest BCUT2D eigenvalue weighted by Gasteiger charge is -1.97. The van der Waals surface area contributed by atoms with E-state index in [4.69, 9.17) is 0 Å². The molecule has 11 heavy (non-hydrogen) atoms. The smallest absolute Gasteiger partial charge is 0.225 e. The van der Waals surface area contributed by atoms with E-state index in [0.717, 1.165) is 11.1 Å². The summed E-state index contributed by atoms with van der Waals surface area (Å²) in [5.74, 6) is -0.0357. The van der Waals surface area contributed by atoms with E-state index in [-0.39, 0.29) is 5.91 Å². The van der Waals surface area contributed by atoms with E-state index in [0.29, 0.717) is 0 Å². The molecule has 0 aromatic heterocycles. The summed E-state index contributed by atoms with van der Waals surface area (Å²) in [5.41, 5.74) is 1.71. The Kier molecular flexibility index (Phi) is 2.68. The van der Waals surface area contributed by atoms with Crippen molar-refractivity contribution < 1.29 is 9.52 Å². The topological polar surface area (TPSA) is 33.7 Å². The van der Waals surface area contributed by atoms with Crippen LogP contribution in [0.4, 0.5) is 0 Å². The normalized spacial score (nSPS) is 9.64. The minimum atomic E-state index is -0.0357. The Morgan fingerprint density at radius 1 is 1.45 bits per heavy atom. The number of amides is 1. The van der Waals surface area contributed by atoms with Gasteiger partial charge >= 0.3 is 5.91 Å². The van der Waals surface area contributed by atoms with Gasteiger partial charge in [0.15, 0.2) is 0 Å². The average molecular weight is 168 g/mol. The van der Waals surface area contributed by atoms with Crippen LogP contribution < -0.4 is 4.72 Å². The molecule has 58 valence electrons. The standard InChI is InChI=1S/C8H9NOS/c1-6-4-2-3-5-7(6)8(10)9-11/h2-5,11H,1H3,(H,9,10)/p+1. The number of thiol groups is 1. The van der Waals surface area contributed by atoms with Crippen molar-refractivity contribution in [2.75, 3.05) is 0 Å². The van der Waals surface area contributed by atoms with Gasteiger partial charge in [0.25, 0.3) is 0 Å². The molecule has 0 aliphatic heterocycles. The lowest BCUT2D eigenvalue weighted by molar-refractivity contribution is -0.362. The highest BCUT2D eigenvalue weighted by Crippen LogP contribution is 2.04. The number of nitrogens with two attached hydrogens (primary N) is 1. The Morgan fingerprint density at radius 3 is 2.64 bits per heavy atom. The first-order valence-corrected chi connectivity index (χ1v) is 3.84. The quantitative estimate of drug-likeness (QED) is 0.590. The van der Waals surface area contributed by atoms with Gasteiger partial charge in [-0.15, -0.1) is 0 Å². The first kappa shape index (κ1) is 8.30. The number of aryl methyl sites for hydroxylation is 1. The summed E-state index contributed by atoms with van der Waals surface area (Å²) >= 11 is 3.80. The molecule has 1 amide bonds. The first-order chi connectivity index (χ1) is 5.25. The van der Waals surface area contributed by atoms with Crippen LogP contribution in [0, 0.1) is 6.92 Å². The van der Waals surface area contributed by atoms with Gasteiger partial charge in [-0.1, -0.05) is 18.2 Å². The maximum atomic E-state index is 11.1. The molecule has 0 aliphatic carbocycles. The molecule has 0 heterocycles. The van der Waals surface area contributed by atoms with E-state index in [2.05, 4.69) is 12.8 Å². The molecule has 0 aliphatic rings. The van der Waals surface area contributed by atoms with Gasteiger partial charge in [0.2, 0.25) is 0 Å². The van der Waals surface area contributed by atoms with Crippen molar-refractivity contribution in [1.82, 2.24) is 0 Å². The summed E-state index contributed by atoms with van der Waals surface area (Å²) in [6, 6.07) is 7.46. The molecule has 1 aromatic rings. The summed E-state index contributed by atoms with van der Waals surface area (Å²) in [6.07, 6.45) is 0. The van der Waals surface area contributed by atoms with Crippen LogP contribution in [0.2, 0.25) is 0 Å². The summed E-state index contributed by atoms with van der Waals surface area (Å²) < 4.78 is 1.28. The van der Waals surface area contributed by atoms with Crippen molar-refractivity contribution in [1.29, 1.82) is 0 Å². The molecule has 0 unspecified atom stereocenters. The molecule has 3 heteroatoms. The predicted molar refractivity (Wildman–Crippen MR) is 46.4 cm³/mol. The highest BCUT2D eigenvalue weighted by molar-refractivity contribution is 7.73. The first-order valence-electron chi connectivity index (χ1n) is 3.33. The zero-order valence-electron chi connectivity index (χ0n) is 6.24. The van der Waals surface area contributed by atoms with Gasteiger partial charge in [-0.25, -0.2) is 9.52 Å². The van der Waals surface area contributed by atoms with Crippen LogP contribution in [-0.4, -0.2) is 5.91 Å². The summed E-state index contributed by atoms with van der Waals surface area (Å²) in [6.45, 7) is 1.91. The molecule has 0 saturated heterocycles. The van der Waals surface area contributed by atoms with Gasteiger partial charge in [0.05, 0.1) is 18.4 Å². The third-order valence-corrected chi connectivity index (χ3v) is 1.76. The van der Waals surface area contributed by atoms with Gasteiger partial charge in [-0.3, -0.25) is 0 Å². The number of carbonyl (C=O) groups excluding carboxylic acids is 1. The van der Waals surface area contributed by atoms with E-state index in [1.807, 2.05) is 25.1 Å². The van der Waals surface area contributed by atoms with Gasteiger partial charge in [-0.05, 0) is 18.6 Å². The zero-order valence-corrected chi connectivity index (χ0v) is 7.14. The van der Waals surface area contributed by atoms with E-state index in [1.165, 1.54) is 4.72 Å². The number of rotatable bonds is 1. The van der Waals surface area contributed by atoms with Crippen LogP contribution in [0.5, 0.6) is 0 Å². The van der Waals surface area contributed by atoms with Gasteiger partial charge in [0.1, 0.15) is 0 Å². The Hall–Kier alpha value is -0.800. The van der Waals surface area contributed by atoms with Crippen molar-refractivity contribution in [2.45, 2.75) is 6.92 Å². The SMILES string of the molecule is Cc1ccccc1C(=O)[NH2+]S. The molecule has 1 rings (SSSR count). The van der Waals surface area contributed by atoms with Gasteiger partial charge in [-0.2, -0.15) is 0 Å². The average Bonchev–Trinajstić information content (AvgIpc) is 2.04. The number of hydrogen-bond donors (Lipinski definition) is 2. The molecular formula is C8H10NOS+. The van der Waals surface area contributed by atoms with Crippen molar-refractivity contribution in [2.24, 2.45) is 0 Å². The number of quaternary nitrogens is 1. The third kappa shape index (κ3) is 1.82. The maximum Gasteiger partial charge on any atom is 0.354 e. The Bertz CT molecular complexity index is 273. The second-order valence-electron chi connectivity index (χ2n) is 2.31. The second kappa shape index (κ2) is 3.55. The van der Waals surface area contributed by atoms with Crippen molar-refractivity contribution in [3.8, 4) is 0 Å². The highest BCUT2D eigenvalue weighted by atomic mass is 32.1. The van der Waals surface area contributed by atoms with E-state index in [1.54, 1.807) is 6.07 Å². The number of hydrogen-bond acceptors (Lipinski definition) is 2. The van der Waals surface area contributed by atoms with Crippen LogP contribution in [0.25, 0.3) is 0 Å². The molecule has 2 N–H and O–H groups in total. The number of carbonyl (C=O) groups is 1. The largest absolute Gasteiger partial charge is 0.354 e. The van der Waals surface area contributed by atoms with E-state index >= 15 is 0 Å². The maximum absolute atomic E-state index is 11.1. The van der Waals surface area contributed by atoms with Crippen LogP contribution in [0.15, 0.2) is 24.3 Å². The van der Waals surface area contributed by atoms with Crippen LogP contribution in [0.1, 0.15) is 15.9 Å². The fraction of sp³-hybridized carbons (Fsp3) is 0.125. The highest BCUT2D eigenvalue weighted by Gasteiger charge is 2.08. The van der Waals surface area contributed by atoms with E-state index < -0.39 is 0 Å². The van der Waals surface area contributed by atoms with Crippen LogP contribution >= 0.6 is 12.8 Å². The minimum absolute atomic E-state index is 0.0357. The fourth-order valence-corrected chi connectivity index (χ4v) is 1.06. The zero-order chi connectivity index (χ0) is 8.27. The Balaban J connectivity index is 3.03.